The van der Waals surface area contributed by atoms with Crippen molar-refractivity contribution in [3.05, 3.63) is 94.3 Å². The fraction of sp³-hybridized carbons (Fsp3) is 0.182. The molecule has 33 heavy (non-hydrogen) atoms. The molecular formula is C22H19ClF3N3O3S. The third kappa shape index (κ3) is 6.69. The van der Waals surface area contributed by atoms with Gasteiger partial charge in [0.25, 0.3) is 5.91 Å². The summed E-state index contributed by atoms with van der Waals surface area (Å²) in [4.78, 5) is 15.7. The Morgan fingerprint density at radius 3 is 2.30 bits per heavy atom. The molecule has 1 amide bonds. The number of hydrogen-bond acceptors (Lipinski definition) is 4. The summed E-state index contributed by atoms with van der Waals surface area (Å²) >= 11 is 5.98. The molecule has 11 heteroatoms. The summed E-state index contributed by atoms with van der Waals surface area (Å²) in [5.74, 6) is -0.470. The number of halogens is 4. The zero-order valence-electron chi connectivity index (χ0n) is 17.3. The van der Waals surface area contributed by atoms with Crippen LogP contribution in [-0.2, 0) is 29.3 Å². The lowest BCUT2D eigenvalue weighted by Gasteiger charge is -2.23. The number of nitrogens with zero attached hydrogens (tertiary/aromatic N) is 2. The van der Waals surface area contributed by atoms with E-state index in [-0.39, 0.29) is 18.7 Å². The van der Waals surface area contributed by atoms with Crippen LogP contribution in [0, 0.1) is 0 Å². The summed E-state index contributed by atoms with van der Waals surface area (Å²) < 4.78 is 63.6. The molecule has 1 aromatic heterocycles. The summed E-state index contributed by atoms with van der Waals surface area (Å²) in [7, 11) is -3.62. The quantitative estimate of drug-likeness (QED) is 0.515. The number of benzene rings is 2. The van der Waals surface area contributed by atoms with E-state index in [9.17, 15) is 26.4 Å². The molecule has 1 N–H and O–H groups in total. The Labute approximate surface area is 194 Å². The maximum absolute atomic E-state index is 12.6. The van der Waals surface area contributed by atoms with Crippen molar-refractivity contribution in [1.29, 1.82) is 0 Å². The average molecular weight is 498 g/mol. The fourth-order valence-electron chi connectivity index (χ4n) is 2.96. The highest BCUT2D eigenvalue weighted by Crippen LogP contribution is 2.27. The van der Waals surface area contributed by atoms with Gasteiger partial charge in [0, 0.05) is 23.3 Å². The molecule has 6 nitrogen and oxygen atoms in total. The molecule has 0 saturated carbocycles. The van der Waals surface area contributed by atoms with Crippen LogP contribution in [0.5, 0.6) is 0 Å². The van der Waals surface area contributed by atoms with Crippen molar-refractivity contribution in [1.82, 2.24) is 10.3 Å². The van der Waals surface area contributed by atoms with E-state index >= 15 is 0 Å². The van der Waals surface area contributed by atoms with E-state index in [1.807, 2.05) is 0 Å². The SMILES string of the molecule is CS(=O)(=O)N(Cc1cccc(Cl)c1)c1ccc(C(=O)NCc2ccc(C(F)(F)F)nc2)cc1. The van der Waals surface area contributed by atoms with Gasteiger partial charge in [0.1, 0.15) is 5.69 Å². The lowest BCUT2D eigenvalue weighted by atomic mass is 10.1. The summed E-state index contributed by atoms with van der Waals surface area (Å²) in [5, 5.41) is 3.07. The molecule has 0 aliphatic rings. The number of pyridine rings is 1. The molecule has 0 spiro atoms. The maximum Gasteiger partial charge on any atom is 0.433 e. The summed E-state index contributed by atoms with van der Waals surface area (Å²) in [6.07, 6.45) is -2.40. The van der Waals surface area contributed by atoms with Crippen LogP contribution in [0.4, 0.5) is 18.9 Å². The zero-order valence-corrected chi connectivity index (χ0v) is 18.9. The largest absolute Gasteiger partial charge is 0.433 e. The van der Waals surface area contributed by atoms with Crippen LogP contribution in [0.25, 0.3) is 0 Å². The van der Waals surface area contributed by atoms with Crippen LogP contribution in [0.3, 0.4) is 0 Å². The highest BCUT2D eigenvalue weighted by molar-refractivity contribution is 7.92. The van der Waals surface area contributed by atoms with Crippen molar-refractivity contribution < 1.29 is 26.4 Å². The molecule has 0 atom stereocenters. The van der Waals surface area contributed by atoms with Gasteiger partial charge in [-0.05, 0) is 53.6 Å². The number of sulfonamides is 1. The minimum atomic E-state index is -4.53. The second-order valence-corrected chi connectivity index (χ2v) is 9.52. The number of nitrogens with one attached hydrogen (secondary N) is 1. The Kier molecular flexibility index (Phi) is 7.28. The molecule has 0 radical (unpaired) electrons. The van der Waals surface area contributed by atoms with E-state index in [1.54, 1.807) is 24.3 Å². The molecule has 2 aromatic carbocycles. The van der Waals surface area contributed by atoms with E-state index in [2.05, 4.69) is 10.3 Å². The normalized spacial score (nSPS) is 11.8. The van der Waals surface area contributed by atoms with E-state index in [0.29, 0.717) is 21.8 Å². The van der Waals surface area contributed by atoms with E-state index in [4.69, 9.17) is 11.6 Å². The van der Waals surface area contributed by atoms with Gasteiger partial charge in [0.2, 0.25) is 10.0 Å². The molecular weight excluding hydrogens is 479 g/mol. The lowest BCUT2D eigenvalue weighted by Crippen LogP contribution is -2.29. The van der Waals surface area contributed by atoms with Gasteiger partial charge in [0.15, 0.2) is 0 Å². The van der Waals surface area contributed by atoms with Crippen molar-refractivity contribution in [2.24, 2.45) is 0 Å². The predicted molar refractivity (Wildman–Crippen MR) is 119 cm³/mol. The highest BCUT2D eigenvalue weighted by atomic mass is 35.5. The van der Waals surface area contributed by atoms with Crippen LogP contribution < -0.4 is 9.62 Å². The number of alkyl halides is 3. The smallest absolute Gasteiger partial charge is 0.348 e. The number of amides is 1. The van der Waals surface area contributed by atoms with Gasteiger partial charge in [-0.2, -0.15) is 13.2 Å². The monoisotopic (exact) mass is 497 g/mol. The third-order valence-corrected chi connectivity index (χ3v) is 5.98. The zero-order chi connectivity index (χ0) is 24.2. The van der Waals surface area contributed by atoms with Gasteiger partial charge >= 0.3 is 6.18 Å². The van der Waals surface area contributed by atoms with Gasteiger partial charge in [-0.25, -0.2) is 8.42 Å². The fourth-order valence-corrected chi connectivity index (χ4v) is 4.06. The molecule has 0 aliphatic heterocycles. The van der Waals surface area contributed by atoms with Crippen LogP contribution in [0.2, 0.25) is 5.02 Å². The molecule has 3 rings (SSSR count). The summed E-state index contributed by atoms with van der Waals surface area (Å²) in [6.45, 7) is 0.0435. The third-order valence-electron chi connectivity index (χ3n) is 4.60. The van der Waals surface area contributed by atoms with Crippen LogP contribution in [0.15, 0.2) is 66.9 Å². The van der Waals surface area contributed by atoms with E-state index in [0.717, 1.165) is 18.5 Å². The molecule has 0 aliphatic carbocycles. The highest BCUT2D eigenvalue weighted by Gasteiger charge is 2.32. The van der Waals surface area contributed by atoms with Crippen LogP contribution >= 0.6 is 11.6 Å². The van der Waals surface area contributed by atoms with Gasteiger partial charge < -0.3 is 5.32 Å². The number of rotatable bonds is 7. The summed E-state index contributed by atoms with van der Waals surface area (Å²) in [5.41, 5.74) is 0.704. The first kappa shape index (κ1) is 24.5. The topological polar surface area (TPSA) is 79.4 Å². The number of carbonyl (C=O) groups excluding carboxylic acids is 1. The first-order chi connectivity index (χ1) is 15.4. The second-order valence-electron chi connectivity index (χ2n) is 7.18. The van der Waals surface area contributed by atoms with Crippen molar-refractivity contribution in [3.8, 4) is 0 Å². The number of anilines is 1. The maximum atomic E-state index is 12.6. The standard InChI is InChI=1S/C22H19ClF3N3O3S/c1-33(31,32)29(14-15-3-2-4-18(23)11-15)19-8-6-17(7-9-19)21(30)28-13-16-5-10-20(27-12-16)22(24,25)26/h2-12H,13-14H2,1H3,(H,28,30). The first-order valence-electron chi connectivity index (χ1n) is 9.56. The molecule has 0 saturated heterocycles. The Balaban J connectivity index is 1.69. The number of carbonyl (C=O) groups is 1. The van der Waals surface area contributed by atoms with Gasteiger partial charge in [0.05, 0.1) is 18.5 Å². The lowest BCUT2D eigenvalue weighted by molar-refractivity contribution is -0.141. The summed E-state index contributed by atoms with van der Waals surface area (Å²) in [6, 6.07) is 14.8. The van der Waals surface area contributed by atoms with Crippen LogP contribution in [-0.4, -0.2) is 25.6 Å². The van der Waals surface area contributed by atoms with Gasteiger partial charge in [-0.15, -0.1) is 0 Å². The molecule has 3 aromatic rings. The van der Waals surface area contributed by atoms with Crippen molar-refractivity contribution in [2.45, 2.75) is 19.3 Å². The minimum absolute atomic E-state index is 0.0179. The Hall–Kier alpha value is -3.11. The molecule has 0 bridgehead atoms. The molecule has 174 valence electrons. The van der Waals surface area contributed by atoms with E-state index in [1.165, 1.54) is 34.6 Å². The Bertz CT molecular complexity index is 1230. The van der Waals surface area contributed by atoms with Crippen molar-refractivity contribution in [2.75, 3.05) is 10.6 Å². The molecule has 0 unspecified atom stereocenters. The van der Waals surface area contributed by atoms with E-state index < -0.39 is 27.8 Å². The predicted octanol–water partition coefficient (Wildman–Crippen LogP) is 4.65. The molecule has 1 heterocycles. The van der Waals surface area contributed by atoms with Crippen LogP contribution in [0.1, 0.15) is 27.2 Å². The number of hydrogen-bond donors (Lipinski definition) is 1. The Morgan fingerprint density at radius 2 is 1.76 bits per heavy atom. The molecule has 0 fully saturated rings. The average Bonchev–Trinajstić information content (AvgIpc) is 2.75. The minimum Gasteiger partial charge on any atom is -0.348 e. The second kappa shape index (κ2) is 9.80. The van der Waals surface area contributed by atoms with Gasteiger partial charge in [-0.1, -0.05) is 29.8 Å². The number of aromatic nitrogens is 1. The Morgan fingerprint density at radius 1 is 1.06 bits per heavy atom. The first-order valence-corrected chi connectivity index (χ1v) is 11.8. The van der Waals surface area contributed by atoms with Gasteiger partial charge in [-0.3, -0.25) is 14.1 Å². The van der Waals surface area contributed by atoms with Crippen molar-refractivity contribution in [3.63, 3.8) is 0 Å². The van der Waals surface area contributed by atoms with Crippen molar-refractivity contribution >= 4 is 33.2 Å².